The van der Waals surface area contributed by atoms with Crippen LogP contribution in [0.4, 0.5) is 11.4 Å². The van der Waals surface area contributed by atoms with Crippen LogP contribution in [0.5, 0.6) is 5.75 Å². The number of rotatable bonds is 8. The van der Waals surface area contributed by atoms with Crippen molar-refractivity contribution in [3.8, 4) is 5.75 Å². The predicted molar refractivity (Wildman–Crippen MR) is 129 cm³/mol. The van der Waals surface area contributed by atoms with Crippen LogP contribution in [0.2, 0.25) is 0 Å². The second kappa shape index (κ2) is 11.3. The molecular weight excluding hydrogens is 436 g/mol. The van der Waals surface area contributed by atoms with Crippen molar-refractivity contribution in [2.45, 2.75) is 18.9 Å². The zero-order chi connectivity index (χ0) is 23.9. The van der Waals surface area contributed by atoms with Crippen LogP contribution < -0.4 is 15.0 Å². The van der Waals surface area contributed by atoms with Crippen LogP contribution in [0.15, 0.2) is 48.5 Å². The molecule has 9 heteroatoms. The van der Waals surface area contributed by atoms with Gasteiger partial charge in [0.25, 0.3) is 5.69 Å². The minimum absolute atomic E-state index is 0.0500. The summed E-state index contributed by atoms with van der Waals surface area (Å²) >= 11 is 0. The van der Waals surface area contributed by atoms with Gasteiger partial charge in [-0.2, -0.15) is 0 Å². The maximum absolute atomic E-state index is 13.0. The van der Waals surface area contributed by atoms with Gasteiger partial charge in [-0.3, -0.25) is 19.8 Å². The van der Waals surface area contributed by atoms with Gasteiger partial charge in [-0.1, -0.05) is 24.3 Å². The molecule has 0 saturated carbocycles. The molecule has 4 rings (SSSR count). The first kappa shape index (κ1) is 24.0. The van der Waals surface area contributed by atoms with Crippen molar-refractivity contribution >= 4 is 17.3 Å². The van der Waals surface area contributed by atoms with Gasteiger partial charge in [-0.05, 0) is 36.6 Å². The second-order valence-corrected chi connectivity index (χ2v) is 8.69. The molecule has 2 aromatic rings. The summed E-state index contributed by atoms with van der Waals surface area (Å²) in [4.78, 5) is 28.4. The third-order valence-corrected chi connectivity index (χ3v) is 6.74. The smallest absolute Gasteiger partial charge is 0.292 e. The van der Waals surface area contributed by atoms with Gasteiger partial charge in [0, 0.05) is 44.7 Å². The number of anilines is 1. The fourth-order valence-electron chi connectivity index (χ4n) is 4.78. The number of piperidine rings is 1. The molecule has 1 unspecified atom stereocenters. The number of morpholine rings is 1. The van der Waals surface area contributed by atoms with E-state index in [1.54, 1.807) is 19.2 Å². The van der Waals surface area contributed by atoms with Crippen LogP contribution >= 0.6 is 0 Å². The van der Waals surface area contributed by atoms with Crippen molar-refractivity contribution in [2.75, 3.05) is 57.9 Å². The molecular formula is C25H32N4O5. The Bertz CT molecular complexity index is 970. The van der Waals surface area contributed by atoms with Gasteiger partial charge in [0.05, 0.1) is 31.3 Å². The molecule has 2 heterocycles. The molecule has 1 atom stereocenters. The van der Waals surface area contributed by atoms with E-state index in [4.69, 9.17) is 9.47 Å². The van der Waals surface area contributed by atoms with Crippen LogP contribution in [0.25, 0.3) is 0 Å². The van der Waals surface area contributed by atoms with Crippen molar-refractivity contribution in [3.63, 3.8) is 0 Å². The van der Waals surface area contributed by atoms with E-state index in [9.17, 15) is 14.9 Å². The summed E-state index contributed by atoms with van der Waals surface area (Å²) in [7, 11) is 1.65. The molecule has 9 nitrogen and oxygen atoms in total. The minimum atomic E-state index is -0.348. The highest BCUT2D eigenvalue weighted by Gasteiger charge is 2.29. The van der Waals surface area contributed by atoms with E-state index in [1.165, 1.54) is 6.07 Å². The third kappa shape index (κ3) is 5.66. The molecule has 1 N–H and O–H groups in total. The first-order chi connectivity index (χ1) is 16.6. The lowest BCUT2D eigenvalue weighted by molar-refractivity contribution is -0.384. The molecule has 2 saturated heterocycles. The molecule has 34 heavy (non-hydrogen) atoms. The van der Waals surface area contributed by atoms with Gasteiger partial charge in [0.1, 0.15) is 11.4 Å². The van der Waals surface area contributed by atoms with E-state index in [1.807, 2.05) is 23.1 Å². The Morgan fingerprint density at radius 1 is 1.12 bits per heavy atom. The summed E-state index contributed by atoms with van der Waals surface area (Å²) in [5.41, 5.74) is 1.87. The Morgan fingerprint density at radius 3 is 2.44 bits per heavy atom. The average molecular weight is 469 g/mol. The van der Waals surface area contributed by atoms with E-state index in [0.717, 1.165) is 24.4 Å². The Balaban J connectivity index is 1.36. The largest absolute Gasteiger partial charge is 0.497 e. The maximum Gasteiger partial charge on any atom is 0.292 e. The number of carbonyl (C=O) groups is 1. The lowest BCUT2D eigenvalue weighted by Crippen LogP contribution is -2.46. The van der Waals surface area contributed by atoms with E-state index in [0.29, 0.717) is 51.4 Å². The molecule has 0 radical (unpaired) electrons. The SMILES string of the molecule is COc1ccc(C(CNC(=O)C2CCN(c3ccccc3[N+](=O)[O-])CC2)N2CCOCC2)cc1. The normalized spacial score (nSPS) is 18.3. The van der Waals surface area contributed by atoms with Crippen LogP contribution in [0.1, 0.15) is 24.4 Å². The van der Waals surface area contributed by atoms with Gasteiger partial charge in [-0.25, -0.2) is 0 Å². The lowest BCUT2D eigenvalue weighted by atomic mass is 9.95. The number of hydrogen-bond acceptors (Lipinski definition) is 7. The Morgan fingerprint density at radius 2 is 1.79 bits per heavy atom. The van der Waals surface area contributed by atoms with Gasteiger partial charge in [-0.15, -0.1) is 0 Å². The highest BCUT2D eigenvalue weighted by atomic mass is 16.6. The summed E-state index contributed by atoms with van der Waals surface area (Å²) < 4.78 is 10.8. The number of carbonyl (C=O) groups excluding carboxylic acids is 1. The quantitative estimate of drug-likeness (QED) is 0.470. The third-order valence-electron chi connectivity index (χ3n) is 6.74. The summed E-state index contributed by atoms with van der Waals surface area (Å²) in [5, 5.41) is 14.5. The second-order valence-electron chi connectivity index (χ2n) is 8.69. The Labute approximate surface area is 199 Å². The van der Waals surface area contributed by atoms with Crippen molar-refractivity contribution in [1.29, 1.82) is 0 Å². The molecule has 2 aliphatic heterocycles. The van der Waals surface area contributed by atoms with Crippen molar-refractivity contribution in [2.24, 2.45) is 5.92 Å². The molecule has 182 valence electrons. The topological polar surface area (TPSA) is 97.2 Å². The fraction of sp³-hybridized carbons (Fsp3) is 0.480. The number of nitro groups is 1. The number of ether oxygens (including phenoxy) is 2. The monoisotopic (exact) mass is 468 g/mol. The molecule has 0 spiro atoms. The minimum Gasteiger partial charge on any atom is -0.497 e. The number of methoxy groups -OCH3 is 1. The standard InChI is InChI=1S/C25H32N4O5/c1-33-21-8-6-19(7-9-21)24(28-14-16-34-17-15-28)18-26-25(30)20-10-12-27(13-11-20)22-4-2-3-5-23(22)29(31)32/h2-9,20,24H,10-18H2,1H3,(H,26,30). The first-order valence-electron chi connectivity index (χ1n) is 11.8. The molecule has 2 aliphatic rings. The van der Waals surface area contributed by atoms with E-state index >= 15 is 0 Å². The number of nitrogens with zero attached hydrogens (tertiary/aromatic N) is 3. The van der Waals surface area contributed by atoms with Crippen molar-refractivity contribution < 1.29 is 19.2 Å². The predicted octanol–water partition coefficient (Wildman–Crippen LogP) is 3.01. The Kier molecular flexibility index (Phi) is 7.97. The number of nitro benzene ring substituents is 1. The molecule has 1 amide bonds. The first-order valence-corrected chi connectivity index (χ1v) is 11.8. The highest BCUT2D eigenvalue weighted by Crippen LogP contribution is 2.31. The van der Waals surface area contributed by atoms with Crippen LogP contribution in [-0.4, -0.2) is 68.8 Å². The van der Waals surface area contributed by atoms with E-state index < -0.39 is 0 Å². The van der Waals surface area contributed by atoms with E-state index in [2.05, 4.69) is 22.3 Å². The van der Waals surface area contributed by atoms with Crippen LogP contribution in [0.3, 0.4) is 0 Å². The van der Waals surface area contributed by atoms with Gasteiger partial charge in [0.2, 0.25) is 5.91 Å². The van der Waals surface area contributed by atoms with Gasteiger partial charge < -0.3 is 19.7 Å². The summed E-state index contributed by atoms with van der Waals surface area (Å²) in [6, 6.07) is 14.9. The van der Waals surface area contributed by atoms with Gasteiger partial charge in [0.15, 0.2) is 0 Å². The maximum atomic E-state index is 13.0. The van der Waals surface area contributed by atoms with Gasteiger partial charge >= 0.3 is 0 Å². The zero-order valence-electron chi connectivity index (χ0n) is 19.5. The van der Waals surface area contributed by atoms with Crippen LogP contribution in [0, 0.1) is 16.0 Å². The number of para-hydroxylation sites is 2. The molecule has 2 fully saturated rings. The number of hydrogen-bond donors (Lipinski definition) is 1. The molecule has 2 aromatic carbocycles. The highest BCUT2D eigenvalue weighted by molar-refractivity contribution is 5.79. The Hall–Kier alpha value is -3.17. The molecule has 0 aromatic heterocycles. The van der Waals surface area contributed by atoms with Crippen LogP contribution in [-0.2, 0) is 9.53 Å². The number of nitrogens with one attached hydrogen (secondary N) is 1. The summed E-state index contributed by atoms with van der Waals surface area (Å²) in [6.07, 6.45) is 1.34. The molecule has 0 aliphatic carbocycles. The van der Waals surface area contributed by atoms with E-state index in [-0.39, 0.29) is 28.5 Å². The van der Waals surface area contributed by atoms with Crippen molar-refractivity contribution in [1.82, 2.24) is 10.2 Å². The number of amides is 1. The fourth-order valence-corrected chi connectivity index (χ4v) is 4.78. The average Bonchev–Trinajstić information content (AvgIpc) is 2.89. The zero-order valence-corrected chi connectivity index (χ0v) is 19.5. The summed E-state index contributed by atoms with van der Waals surface area (Å²) in [6.45, 7) is 4.77. The molecule has 0 bridgehead atoms. The van der Waals surface area contributed by atoms with Crippen molar-refractivity contribution in [3.05, 3.63) is 64.2 Å². The lowest BCUT2D eigenvalue weighted by Gasteiger charge is -2.36. The summed E-state index contributed by atoms with van der Waals surface area (Å²) in [5.74, 6) is 0.758. The number of benzene rings is 2.